The molecule has 2 nitrogen and oxygen atoms in total. The zero-order valence-corrected chi connectivity index (χ0v) is 5.84. The van der Waals surface area contributed by atoms with Crippen molar-refractivity contribution in [1.82, 2.24) is 5.32 Å². The molecule has 1 aliphatic heterocycles. The van der Waals surface area contributed by atoms with Crippen molar-refractivity contribution in [2.45, 2.75) is 18.9 Å². The highest BCUT2D eigenvalue weighted by atomic mass is 16.5. The van der Waals surface area contributed by atoms with Gasteiger partial charge >= 0.3 is 0 Å². The van der Waals surface area contributed by atoms with Crippen molar-refractivity contribution >= 4 is 0 Å². The summed E-state index contributed by atoms with van der Waals surface area (Å²) in [5, 5.41) is 3.39. The normalized spacial score (nSPS) is 23.4. The first-order chi connectivity index (χ1) is 4.95. The van der Waals surface area contributed by atoms with Crippen molar-refractivity contribution in [2.24, 2.45) is 0 Å². The highest BCUT2D eigenvalue weighted by molar-refractivity contribution is 5.19. The highest BCUT2D eigenvalue weighted by Crippen LogP contribution is 2.20. The third-order valence-electron chi connectivity index (χ3n) is 1.69. The van der Waals surface area contributed by atoms with Gasteiger partial charge in [-0.1, -0.05) is 0 Å². The standard InChI is InChI=1S/C8H11NO/c1-2-7(1)9-8-3-5-10-6-4-8/h3-5,7,9H,1-2,6H2. The van der Waals surface area contributed by atoms with Crippen molar-refractivity contribution in [3.63, 3.8) is 0 Å². The van der Waals surface area contributed by atoms with Gasteiger partial charge in [0.25, 0.3) is 0 Å². The first-order valence-corrected chi connectivity index (χ1v) is 3.70. The van der Waals surface area contributed by atoms with Crippen molar-refractivity contribution in [1.29, 1.82) is 0 Å². The molecule has 1 aliphatic carbocycles. The van der Waals surface area contributed by atoms with Gasteiger partial charge in [0, 0.05) is 11.7 Å². The van der Waals surface area contributed by atoms with E-state index in [0.717, 1.165) is 6.04 Å². The van der Waals surface area contributed by atoms with Crippen LogP contribution in [0, 0.1) is 0 Å². The van der Waals surface area contributed by atoms with Crippen LogP contribution in [0.2, 0.25) is 0 Å². The lowest BCUT2D eigenvalue weighted by Gasteiger charge is -2.09. The molecule has 0 radical (unpaired) electrons. The molecule has 0 saturated heterocycles. The number of hydrogen-bond donors (Lipinski definition) is 1. The first-order valence-electron chi connectivity index (χ1n) is 3.70. The molecule has 1 saturated carbocycles. The summed E-state index contributed by atoms with van der Waals surface area (Å²) in [5.74, 6) is 0. The first kappa shape index (κ1) is 5.83. The zero-order valence-electron chi connectivity index (χ0n) is 5.84. The topological polar surface area (TPSA) is 21.3 Å². The molecular weight excluding hydrogens is 126 g/mol. The maximum atomic E-state index is 5.00. The molecular formula is C8H11NO. The van der Waals surface area contributed by atoms with Crippen LogP contribution in [-0.4, -0.2) is 12.6 Å². The minimum atomic E-state index is 0.714. The fourth-order valence-electron chi connectivity index (χ4n) is 0.953. The fraction of sp³-hybridized carbons (Fsp3) is 0.500. The van der Waals surface area contributed by atoms with Gasteiger partial charge in [0.2, 0.25) is 0 Å². The summed E-state index contributed by atoms with van der Waals surface area (Å²) in [5.41, 5.74) is 1.22. The van der Waals surface area contributed by atoms with Crippen LogP contribution in [0.25, 0.3) is 0 Å². The van der Waals surface area contributed by atoms with Crippen molar-refractivity contribution in [3.05, 3.63) is 24.1 Å². The van der Waals surface area contributed by atoms with Crippen molar-refractivity contribution in [2.75, 3.05) is 6.61 Å². The van der Waals surface area contributed by atoms with Gasteiger partial charge in [0.05, 0.1) is 6.26 Å². The molecule has 0 aromatic heterocycles. The number of hydrogen-bond acceptors (Lipinski definition) is 2. The minimum Gasteiger partial charge on any atom is -0.497 e. The second-order valence-electron chi connectivity index (χ2n) is 2.71. The number of rotatable bonds is 2. The summed E-state index contributed by atoms with van der Waals surface area (Å²) in [4.78, 5) is 0. The lowest BCUT2D eigenvalue weighted by atomic mass is 10.3. The van der Waals surface area contributed by atoms with E-state index in [1.807, 2.05) is 6.08 Å². The van der Waals surface area contributed by atoms with Crippen LogP contribution in [0.15, 0.2) is 24.1 Å². The smallest absolute Gasteiger partial charge is 0.108 e. The summed E-state index contributed by atoms with van der Waals surface area (Å²) in [6.45, 7) is 0.714. The second kappa shape index (κ2) is 2.37. The van der Waals surface area contributed by atoms with E-state index in [1.165, 1.54) is 18.5 Å². The van der Waals surface area contributed by atoms with E-state index in [2.05, 4.69) is 11.4 Å². The van der Waals surface area contributed by atoms with Crippen LogP contribution < -0.4 is 5.32 Å². The van der Waals surface area contributed by atoms with E-state index in [1.54, 1.807) is 6.26 Å². The van der Waals surface area contributed by atoms with Crippen molar-refractivity contribution < 1.29 is 4.74 Å². The van der Waals surface area contributed by atoms with Crippen LogP contribution in [0.1, 0.15) is 12.8 Å². The van der Waals surface area contributed by atoms with Gasteiger partial charge in [0.15, 0.2) is 0 Å². The Morgan fingerprint density at radius 1 is 1.50 bits per heavy atom. The van der Waals surface area contributed by atoms with Crippen LogP contribution in [-0.2, 0) is 4.74 Å². The Kier molecular flexibility index (Phi) is 1.38. The third-order valence-corrected chi connectivity index (χ3v) is 1.69. The Hall–Kier alpha value is -0.920. The number of nitrogens with one attached hydrogen (secondary N) is 1. The van der Waals surface area contributed by atoms with E-state index in [4.69, 9.17) is 4.74 Å². The molecule has 1 heterocycles. The van der Waals surface area contributed by atoms with Crippen LogP contribution in [0.4, 0.5) is 0 Å². The van der Waals surface area contributed by atoms with E-state index >= 15 is 0 Å². The summed E-state index contributed by atoms with van der Waals surface area (Å²) in [6, 6.07) is 0.744. The fourth-order valence-corrected chi connectivity index (χ4v) is 0.953. The van der Waals surface area contributed by atoms with E-state index < -0.39 is 0 Å². The van der Waals surface area contributed by atoms with Gasteiger partial charge in [-0.3, -0.25) is 0 Å². The van der Waals surface area contributed by atoms with Gasteiger partial charge in [-0.05, 0) is 25.0 Å². The van der Waals surface area contributed by atoms with Gasteiger partial charge in [-0.2, -0.15) is 0 Å². The van der Waals surface area contributed by atoms with Gasteiger partial charge in [-0.25, -0.2) is 0 Å². The molecule has 1 fully saturated rings. The Bertz CT molecular complexity index is 180. The maximum Gasteiger partial charge on any atom is 0.108 e. The third kappa shape index (κ3) is 1.32. The van der Waals surface area contributed by atoms with E-state index in [0.29, 0.717) is 6.61 Å². The molecule has 0 amide bonds. The molecule has 54 valence electrons. The number of ether oxygens (including phenoxy) is 1. The molecule has 1 N–H and O–H groups in total. The Labute approximate surface area is 60.6 Å². The zero-order chi connectivity index (χ0) is 6.81. The lowest BCUT2D eigenvalue weighted by Crippen LogP contribution is -2.15. The lowest BCUT2D eigenvalue weighted by molar-refractivity contribution is 0.283. The maximum absolute atomic E-state index is 5.00. The predicted molar refractivity (Wildman–Crippen MR) is 39.3 cm³/mol. The molecule has 0 atom stereocenters. The van der Waals surface area contributed by atoms with Gasteiger partial charge in [0.1, 0.15) is 6.61 Å². The SMILES string of the molecule is C1=CC(NC2CC2)=CCO1. The van der Waals surface area contributed by atoms with E-state index in [9.17, 15) is 0 Å². The molecule has 0 aromatic carbocycles. The quantitative estimate of drug-likeness (QED) is 0.616. The molecule has 0 spiro atoms. The molecule has 2 heteroatoms. The average Bonchev–Trinajstić information content (AvgIpc) is 2.74. The summed E-state index contributed by atoms with van der Waals surface area (Å²) < 4.78 is 5.00. The van der Waals surface area contributed by atoms with Gasteiger partial charge in [-0.15, -0.1) is 0 Å². The Morgan fingerprint density at radius 3 is 3.00 bits per heavy atom. The van der Waals surface area contributed by atoms with Crippen LogP contribution in [0.3, 0.4) is 0 Å². The molecule has 2 aliphatic rings. The van der Waals surface area contributed by atoms with Crippen LogP contribution >= 0.6 is 0 Å². The average molecular weight is 137 g/mol. The molecule has 10 heavy (non-hydrogen) atoms. The van der Waals surface area contributed by atoms with Crippen LogP contribution in [0.5, 0.6) is 0 Å². The Balaban J connectivity index is 1.89. The number of allylic oxidation sites excluding steroid dienone is 1. The largest absolute Gasteiger partial charge is 0.497 e. The van der Waals surface area contributed by atoms with Gasteiger partial charge < -0.3 is 10.1 Å². The second-order valence-corrected chi connectivity index (χ2v) is 2.71. The van der Waals surface area contributed by atoms with Crippen molar-refractivity contribution in [3.8, 4) is 0 Å². The molecule has 0 unspecified atom stereocenters. The predicted octanol–water partition coefficient (Wildman–Crippen LogP) is 1.17. The monoisotopic (exact) mass is 137 g/mol. The molecule has 0 bridgehead atoms. The highest BCUT2D eigenvalue weighted by Gasteiger charge is 2.21. The minimum absolute atomic E-state index is 0.714. The summed E-state index contributed by atoms with van der Waals surface area (Å²) in [6.07, 6.45) is 8.43. The Morgan fingerprint density at radius 2 is 2.40 bits per heavy atom. The van der Waals surface area contributed by atoms with E-state index in [-0.39, 0.29) is 0 Å². The molecule has 0 aromatic rings. The molecule has 2 rings (SSSR count). The summed E-state index contributed by atoms with van der Waals surface area (Å²) >= 11 is 0. The summed E-state index contributed by atoms with van der Waals surface area (Å²) in [7, 11) is 0.